The highest BCUT2D eigenvalue weighted by Gasteiger charge is 2.70. The molecule has 1 saturated heterocycles. The fourth-order valence-corrected chi connectivity index (χ4v) is 3.74. The van der Waals surface area contributed by atoms with Crippen LogP contribution in [0.4, 0.5) is 0 Å². The topological polar surface area (TPSA) is 92.9 Å². The van der Waals surface area contributed by atoms with Gasteiger partial charge in [0, 0.05) is 17.9 Å². The van der Waals surface area contributed by atoms with Gasteiger partial charge in [0.2, 0.25) is 5.91 Å². The van der Waals surface area contributed by atoms with E-state index in [1.165, 1.54) is 0 Å². The molecule has 0 aromatic carbocycles. The minimum atomic E-state index is -1.12. The summed E-state index contributed by atoms with van der Waals surface area (Å²) in [4.78, 5) is 24.9. The van der Waals surface area contributed by atoms with Crippen LogP contribution in [0.1, 0.15) is 26.7 Å². The van der Waals surface area contributed by atoms with E-state index in [2.05, 4.69) is 5.92 Å². The second-order valence-corrected chi connectivity index (χ2v) is 6.39. The Morgan fingerprint density at radius 1 is 1.52 bits per heavy atom. The molecule has 21 heavy (non-hydrogen) atoms. The summed E-state index contributed by atoms with van der Waals surface area (Å²) in [6.07, 6.45) is 6.86. The number of hydrogen-bond donors (Lipinski definition) is 2. The summed E-state index contributed by atoms with van der Waals surface area (Å²) in [6.45, 7) is 3.98. The van der Waals surface area contributed by atoms with E-state index in [4.69, 9.17) is 22.0 Å². The highest BCUT2D eigenvalue weighted by atomic mass is 16.5. The quantitative estimate of drug-likeness (QED) is 0.716. The standard InChI is InChI=1S/C15H22N2O4/c1-4-7-17(9-11(18)19)13(20)15(16)10-6-5-8-21-12(10)14(15,2)3/h1,10,12H,5-9,16H2,2-3H3,(H,18,19). The monoisotopic (exact) mass is 294 g/mol. The summed E-state index contributed by atoms with van der Waals surface area (Å²) in [5.74, 6) is 0.758. The predicted octanol–water partition coefficient (Wildman–Crippen LogP) is 0.0653. The van der Waals surface area contributed by atoms with Crippen molar-refractivity contribution in [2.24, 2.45) is 17.1 Å². The van der Waals surface area contributed by atoms with Gasteiger partial charge >= 0.3 is 5.97 Å². The second kappa shape index (κ2) is 5.32. The highest BCUT2D eigenvalue weighted by Crippen LogP contribution is 2.57. The van der Waals surface area contributed by atoms with Gasteiger partial charge in [-0.3, -0.25) is 9.59 Å². The summed E-state index contributed by atoms with van der Waals surface area (Å²) in [7, 11) is 0. The van der Waals surface area contributed by atoms with E-state index in [0.29, 0.717) is 6.61 Å². The van der Waals surface area contributed by atoms with E-state index in [-0.39, 0.29) is 24.5 Å². The van der Waals surface area contributed by atoms with E-state index >= 15 is 0 Å². The molecule has 3 N–H and O–H groups in total. The van der Waals surface area contributed by atoms with Crippen LogP contribution in [-0.2, 0) is 14.3 Å². The summed E-state index contributed by atoms with van der Waals surface area (Å²) in [5.41, 5.74) is 4.79. The molecule has 2 rings (SSSR count). The van der Waals surface area contributed by atoms with Crippen molar-refractivity contribution >= 4 is 11.9 Å². The molecule has 0 bridgehead atoms. The number of aliphatic carboxylic acids is 1. The Bertz CT molecular complexity index is 496. The van der Waals surface area contributed by atoms with Crippen LogP contribution < -0.4 is 5.73 Å². The molecule has 1 heterocycles. The zero-order valence-electron chi connectivity index (χ0n) is 12.5. The number of hydrogen-bond acceptors (Lipinski definition) is 4. The molecular weight excluding hydrogens is 272 g/mol. The molecule has 0 spiro atoms. The maximum Gasteiger partial charge on any atom is 0.323 e. The van der Waals surface area contributed by atoms with Crippen molar-refractivity contribution in [3.63, 3.8) is 0 Å². The first-order valence-corrected chi connectivity index (χ1v) is 7.12. The average molecular weight is 294 g/mol. The largest absolute Gasteiger partial charge is 0.480 e. The summed E-state index contributed by atoms with van der Waals surface area (Å²) >= 11 is 0. The van der Waals surface area contributed by atoms with Crippen LogP contribution in [0.15, 0.2) is 0 Å². The lowest BCUT2D eigenvalue weighted by Gasteiger charge is -2.65. The Kier molecular flexibility index (Phi) is 4.00. The SMILES string of the molecule is C#CCN(CC(=O)O)C(=O)C1(N)C2CCCOC2C1(C)C. The van der Waals surface area contributed by atoms with Gasteiger partial charge in [0.15, 0.2) is 0 Å². The molecule has 0 aromatic rings. The van der Waals surface area contributed by atoms with Crippen LogP contribution in [0, 0.1) is 23.7 Å². The number of carboxylic acids is 1. The Labute approximate surface area is 124 Å². The minimum Gasteiger partial charge on any atom is -0.480 e. The first-order chi connectivity index (χ1) is 9.76. The zero-order valence-corrected chi connectivity index (χ0v) is 12.5. The summed E-state index contributed by atoms with van der Waals surface area (Å²) in [6, 6.07) is 0. The molecule has 6 heteroatoms. The van der Waals surface area contributed by atoms with Crippen molar-refractivity contribution in [1.29, 1.82) is 0 Å². The molecular formula is C15H22N2O4. The smallest absolute Gasteiger partial charge is 0.323 e. The molecule has 1 amide bonds. The number of rotatable bonds is 4. The third kappa shape index (κ3) is 2.21. The first kappa shape index (κ1) is 15.8. The van der Waals surface area contributed by atoms with Crippen molar-refractivity contribution in [3.8, 4) is 12.3 Å². The average Bonchev–Trinajstić information content (AvgIpc) is 2.44. The third-order valence-electron chi connectivity index (χ3n) is 4.93. The number of amides is 1. The van der Waals surface area contributed by atoms with Gasteiger partial charge in [-0.15, -0.1) is 6.42 Å². The number of nitrogens with two attached hydrogens (primary N) is 1. The van der Waals surface area contributed by atoms with Crippen molar-refractivity contribution in [3.05, 3.63) is 0 Å². The van der Waals surface area contributed by atoms with E-state index in [9.17, 15) is 9.59 Å². The number of carbonyl (C=O) groups excluding carboxylic acids is 1. The fraction of sp³-hybridized carbons (Fsp3) is 0.733. The van der Waals surface area contributed by atoms with E-state index in [1.807, 2.05) is 13.8 Å². The van der Waals surface area contributed by atoms with Crippen molar-refractivity contribution in [2.75, 3.05) is 19.7 Å². The number of nitrogens with zero attached hydrogens (tertiary/aromatic N) is 1. The van der Waals surface area contributed by atoms with Gasteiger partial charge in [-0.1, -0.05) is 19.8 Å². The minimum absolute atomic E-state index is 0.0571. The molecule has 0 radical (unpaired) electrons. The third-order valence-corrected chi connectivity index (χ3v) is 4.93. The van der Waals surface area contributed by atoms with Gasteiger partial charge in [-0.2, -0.15) is 0 Å². The van der Waals surface area contributed by atoms with Crippen molar-refractivity contribution in [1.82, 2.24) is 4.90 Å². The Hall–Kier alpha value is -1.58. The lowest BCUT2D eigenvalue weighted by Crippen LogP contribution is -2.82. The Balaban J connectivity index is 2.27. The summed E-state index contributed by atoms with van der Waals surface area (Å²) < 4.78 is 5.75. The highest BCUT2D eigenvalue weighted by molar-refractivity contribution is 5.91. The molecule has 6 nitrogen and oxygen atoms in total. The van der Waals surface area contributed by atoms with Crippen LogP contribution in [0.3, 0.4) is 0 Å². The van der Waals surface area contributed by atoms with E-state index in [0.717, 1.165) is 17.7 Å². The van der Waals surface area contributed by atoms with Crippen molar-refractivity contribution in [2.45, 2.75) is 38.3 Å². The molecule has 0 aromatic heterocycles. The molecule has 1 saturated carbocycles. The van der Waals surface area contributed by atoms with E-state index < -0.39 is 23.5 Å². The van der Waals surface area contributed by atoms with Crippen LogP contribution in [-0.4, -0.2) is 53.2 Å². The number of fused-ring (bicyclic) bond motifs is 1. The molecule has 116 valence electrons. The second-order valence-electron chi connectivity index (χ2n) is 6.39. The molecule has 3 unspecified atom stereocenters. The number of ether oxygens (including phenoxy) is 1. The van der Waals surface area contributed by atoms with Gasteiger partial charge < -0.3 is 20.5 Å². The van der Waals surface area contributed by atoms with Crippen LogP contribution in [0.25, 0.3) is 0 Å². The maximum absolute atomic E-state index is 12.8. The number of carbonyl (C=O) groups is 2. The molecule has 2 aliphatic rings. The van der Waals surface area contributed by atoms with Gasteiger partial charge in [-0.25, -0.2) is 0 Å². The van der Waals surface area contributed by atoms with Gasteiger partial charge in [0.1, 0.15) is 12.1 Å². The normalized spacial score (nSPS) is 33.2. The van der Waals surface area contributed by atoms with Gasteiger partial charge in [-0.05, 0) is 12.8 Å². The maximum atomic E-state index is 12.8. The number of terminal acetylenes is 1. The predicted molar refractivity (Wildman–Crippen MR) is 76.2 cm³/mol. The molecule has 2 fully saturated rings. The number of carboxylic acid groups (broad SMARTS) is 1. The van der Waals surface area contributed by atoms with Crippen LogP contribution in [0.2, 0.25) is 0 Å². The lowest BCUT2D eigenvalue weighted by atomic mass is 9.46. The Morgan fingerprint density at radius 2 is 2.19 bits per heavy atom. The van der Waals surface area contributed by atoms with Crippen LogP contribution in [0.5, 0.6) is 0 Å². The van der Waals surface area contributed by atoms with Gasteiger partial charge in [0.05, 0.1) is 12.6 Å². The lowest BCUT2D eigenvalue weighted by molar-refractivity contribution is -0.230. The van der Waals surface area contributed by atoms with Crippen LogP contribution >= 0.6 is 0 Å². The molecule has 3 atom stereocenters. The fourth-order valence-electron chi connectivity index (χ4n) is 3.74. The van der Waals surface area contributed by atoms with E-state index in [1.54, 1.807) is 0 Å². The molecule has 1 aliphatic heterocycles. The van der Waals surface area contributed by atoms with Crippen molar-refractivity contribution < 1.29 is 19.4 Å². The van der Waals surface area contributed by atoms with Gasteiger partial charge in [0.25, 0.3) is 0 Å². The summed E-state index contributed by atoms with van der Waals surface area (Å²) in [5, 5.41) is 8.95. The molecule has 1 aliphatic carbocycles. The first-order valence-electron chi connectivity index (χ1n) is 7.12. The zero-order chi connectivity index (χ0) is 15.8. The Morgan fingerprint density at radius 3 is 2.76 bits per heavy atom.